The normalized spacial score (nSPS) is 8.53. The first-order valence-corrected chi connectivity index (χ1v) is 4.66. The summed E-state index contributed by atoms with van der Waals surface area (Å²) in [5, 5.41) is 3.27. The molecule has 0 heterocycles. The van der Waals surface area contributed by atoms with Gasteiger partial charge in [-0.2, -0.15) is 0 Å². The van der Waals surface area contributed by atoms with Crippen LogP contribution in [-0.4, -0.2) is 19.6 Å². The number of nitrogen functional groups attached to an aromatic ring is 1. The maximum atomic E-state index is 11.3. The van der Waals surface area contributed by atoms with Crippen LogP contribution in [0.2, 0.25) is 0 Å². The van der Waals surface area contributed by atoms with Crippen molar-refractivity contribution >= 4 is 11.7 Å². The standard InChI is InChI=1S/C11H10N4O2/c1-17-11(16)9-5-4-8(7-10(9)12)3-2-6-14-15-13/h4-5,7H,6,12H2,1H3. The average Bonchev–Trinajstić information content (AvgIpc) is 2.34. The Labute approximate surface area is 98.0 Å². The fourth-order valence-corrected chi connectivity index (χ4v) is 1.14. The van der Waals surface area contributed by atoms with E-state index < -0.39 is 5.97 Å². The molecule has 1 aromatic carbocycles. The lowest BCUT2D eigenvalue weighted by Gasteiger charge is -2.03. The van der Waals surface area contributed by atoms with Gasteiger partial charge in [-0.1, -0.05) is 17.0 Å². The monoisotopic (exact) mass is 230 g/mol. The lowest BCUT2D eigenvalue weighted by atomic mass is 10.1. The first-order chi connectivity index (χ1) is 8.19. The Balaban J connectivity index is 2.91. The third kappa shape index (κ3) is 3.45. The Hall–Kier alpha value is -2.64. The van der Waals surface area contributed by atoms with Crippen LogP contribution in [0, 0.1) is 11.8 Å². The molecule has 0 aliphatic rings. The van der Waals surface area contributed by atoms with Crippen LogP contribution < -0.4 is 5.73 Å². The molecule has 1 rings (SSSR count). The molecule has 0 bridgehead atoms. The van der Waals surface area contributed by atoms with Gasteiger partial charge in [-0.25, -0.2) is 4.79 Å². The molecule has 0 unspecified atom stereocenters. The molecule has 17 heavy (non-hydrogen) atoms. The van der Waals surface area contributed by atoms with Gasteiger partial charge in [0.05, 0.1) is 19.2 Å². The van der Waals surface area contributed by atoms with Crippen LogP contribution in [0.15, 0.2) is 23.3 Å². The number of carbonyl (C=O) groups is 1. The number of carbonyl (C=O) groups excluding carboxylic acids is 1. The van der Waals surface area contributed by atoms with E-state index in [0.29, 0.717) is 16.8 Å². The third-order valence-electron chi connectivity index (χ3n) is 1.90. The Kier molecular flexibility index (Phi) is 4.43. The van der Waals surface area contributed by atoms with Gasteiger partial charge in [0.2, 0.25) is 0 Å². The van der Waals surface area contributed by atoms with Crippen LogP contribution in [0.25, 0.3) is 10.4 Å². The molecule has 2 N–H and O–H groups in total. The van der Waals surface area contributed by atoms with E-state index in [-0.39, 0.29) is 6.54 Å². The smallest absolute Gasteiger partial charge is 0.339 e. The van der Waals surface area contributed by atoms with Crippen molar-refractivity contribution in [2.24, 2.45) is 5.11 Å². The van der Waals surface area contributed by atoms with Gasteiger partial charge < -0.3 is 10.5 Å². The fraction of sp³-hybridized carbons (Fsp3) is 0.182. The minimum atomic E-state index is -0.490. The van der Waals surface area contributed by atoms with Crippen molar-refractivity contribution in [3.8, 4) is 11.8 Å². The summed E-state index contributed by atoms with van der Waals surface area (Å²) in [4.78, 5) is 13.8. The molecule has 0 saturated carbocycles. The zero-order valence-electron chi connectivity index (χ0n) is 9.17. The van der Waals surface area contributed by atoms with Gasteiger partial charge in [0.15, 0.2) is 0 Å². The highest BCUT2D eigenvalue weighted by Crippen LogP contribution is 2.14. The molecular formula is C11H10N4O2. The van der Waals surface area contributed by atoms with Gasteiger partial charge in [-0.3, -0.25) is 0 Å². The summed E-state index contributed by atoms with van der Waals surface area (Å²) in [5.74, 6) is 4.92. The number of methoxy groups -OCH3 is 1. The molecule has 0 atom stereocenters. The summed E-state index contributed by atoms with van der Waals surface area (Å²) in [6, 6.07) is 4.75. The number of hydrogen-bond donors (Lipinski definition) is 1. The summed E-state index contributed by atoms with van der Waals surface area (Å²) in [6.07, 6.45) is 0. The summed E-state index contributed by atoms with van der Waals surface area (Å²) >= 11 is 0. The summed E-state index contributed by atoms with van der Waals surface area (Å²) in [5.41, 5.74) is 15.0. The molecule has 0 saturated heterocycles. The molecule has 0 spiro atoms. The molecule has 0 aromatic heterocycles. The number of esters is 1. The summed E-state index contributed by atoms with van der Waals surface area (Å²) in [7, 11) is 1.29. The highest BCUT2D eigenvalue weighted by atomic mass is 16.5. The Morgan fingerprint density at radius 3 is 3.00 bits per heavy atom. The lowest BCUT2D eigenvalue weighted by Crippen LogP contribution is -2.05. The highest BCUT2D eigenvalue weighted by Gasteiger charge is 2.08. The number of hydrogen-bond acceptors (Lipinski definition) is 4. The van der Waals surface area contributed by atoms with Gasteiger partial charge in [0.25, 0.3) is 0 Å². The number of rotatable bonds is 2. The minimum absolute atomic E-state index is 0.0924. The van der Waals surface area contributed by atoms with Crippen molar-refractivity contribution in [1.82, 2.24) is 0 Å². The second kappa shape index (κ2) is 6.05. The van der Waals surface area contributed by atoms with Crippen molar-refractivity contribution in [3.63, 3.8) is 0 Å². The largest absolute Gasteiger partial charge is 0.465 e. The third-order valence-corrected chi connectivity index (χ3v) is 1.90. The van der Waals surface area contributed by atoms with Crippen molar-refractivity contribution < 1.29 is 9.53 Å². The molecule has 1 aromatic rings. The van der Waals surface area contributed by atoms with Crippen LogP contribution in [0.3, 0.4) is 0 Å². The Morgan fingerprint density at radius 1 is 1.65 bits per heavy atom. The van der Waals surface area contributed by atoms with Crippen molar-refractivity contribution in [2.75, 3.05) is 19.4 Å². The number of ether oxygens (including phenoxy) is 1. The van der Waals surface area contributed by atoms with Crippen molar-refractivity contribution in [2.45, 2.75) is 0 Å². The molecule has 0 amide bonds. The molecule has 6 heteroatoms. The maximum Gasteiger partial charge on any atom is 0.339 e. The number of azide groups is 1. The predicted molar refractivity (Wildman–Crippen MR) is 63.1 cm³/mol. The van der Waals surface area contributed by atoms with E-state index in [9.17, 15) is 4.79 Å². The van der Waals surface area contributed by atoms with Crippen LogP contribution in [0.1, 0.15) is 15.9 Å². The predicted octanol–water partition coefficient (Wildman–Crippen LogP) is 1.72. The molecule has 86 valence electrons. The van der Waals surface area contributed by atoms with Crippen molar-refractivity contribution in [3.05, 3.63) is 39.8 Å². The molecular weight excluding hydrogens is 220 g/mol. The quantitative estimate of drug-likeness (QED) is 0.209. The Morgan fingerprint density at radius 2 is 2.41 bits per heavy atom. The van der Waals surface area contributed by atoms with E-state index in [4.69, 9.17) is 11.3 Å². The zero-order valence-corrected chi connectivity index (χ0v) is 9.17. The lowest BCUT2D eigenvalue weighted by molar-refractivity contribution is 0.0602. The second-order valence-corrected chi connectivity index (χ2v) is 2.98. The summed E-state index contributed by atoms with van der Waals surface area (Å²) < 4.78 is 4.56. The molecule has 0 radical (unpaired) electrons. The fourth-order valence-electron chi connectivity index (χ4n) is 1.14. The van der Waals surface area contributed by atoms with E-state index in [1.54, 1.807) is 18.2 Å². The van der Waals surface area contributed by atoms with E-state index in [1.165, 1.54) is 7.11 Å². The van der Waals surface area contributed by atoms with E-state index >= 15 is 0 Å². The highest BCUT2D eigenvalue weighted by molar-refractivity contribution is 5.95. The molecule has 6 nitrogen and oxygen atoms in total. The van der Waals surface area contributed by atoms with Gasteiger partial charge in [-0.05, 0) is 23.7 Å². The van der Waals surface area contributed by atoms with E-state index in [1.807, 2.05) is 0 Å². The van der Waals surface area contributed by atoms with Gasteiger partial charge >= 0.3 is 5.97 Å². The first-order valence-electron chi connectivity index (χ1n) is 4.66. The van der Waals surface area contributed by atoms with Gasteiger partial charge in [0, 0.05) is 16.2 Å². The Bertz CT molecular complexity index is 536. The zero-order chi connectivity index (χ0) is 12.7. The van der Waals surface area contributed by atoms with Crippen molar-refractivity contribution in [1.29, 1.82) is 0 Å². The molecule has 0 aliphatic heterocycles. The summed E-state index contributed by atoms with van der Waals surface area (Å²) in [6.45, 7) is 0.0924. The minimum Gasteiger partial charge on any atom is -0.465 e. The topological polar surface area (TPSA) is 101 Å². The van der Waals surface area contributed by atoms with Crippen LogP contribution in [-0.2, 0) is 4.74 Å². The van der Waals surface area contributed by atoms with E-state index in [0.717, 1.165) is 0 Å². The van der Waals surface area contributed by atoms with Gasteiger partial charge in [0.1, 0.15) is 0 Å². The maximum absolute atomic E-state index is 11.3. The number of benzene rings is 1. The molecule has 0 fully saturated rings. The SMILES string of the molecule is COC(=O)c1ccc(C#CCN=[N+]=[N-])cc1N. The van der Waals surface area contributed by atoms with Crippen LogP contribution in [0.4, 0.5) is 5.69 Å². The number of nitrogens with zero attached hydrogens (tertiary/aromatic N) is 3. The number of nitrogens with two attached hydrogens (primary N) is 1. The molecule has 0 aliphatic carbocycles. The first kappa shape index (κ1) is 12.4. The average molecular weight is 230 g/mol. The second-order valence-electron chi connectivity index (χ2n) is 2.98. The van der Waals surface area contributed by atoms with Crippen LogP contribution in [0.5, 0.6) is 0 Å². The number of anilines is 1. The van der Waals surface area contributed by atoms with E-state index in [2.05, 4.69) is 26.6 Å². The van der Waals surface area contributed by atoms with Gasteiger partial charge in [-0.15, -0.1) is 0 Å². The van der Waals surface area contributed by atoms with Crippen LogP contribution >= 0.6 is 0 Å².